The van der Waals surface area contributed by atoms with E-state index in [2.05, 4.69) is 10.6 Å². The van der Waals surface area contributed by atoms with Crippen molar-refractivity contribution in [2.24, 2.45) is 0 Å². The molecule has 5 atom stereocenters. The second-order valence-corrected chi connectivity index (χ2v) is 9.29. The van der Waals surface area contributed by atoms with Crippen LogP contribution in [-0.4, -0.2) is 92.1 Å². The molecular formula is C28H34N2O13. The third-order valence-corrected chi connectivity index (χ3v) is 5.90. The van der Waals surface area contributed by atoms with Crippen LogP contribution < -0.4 is 10.6 Å². The van der Waals surface area contributed by atoms with Gasteiger partial charge in [0.25, 0.3) is 0 Å². The Bertz CT molecular complexity index is 1230. The summed E-state index contributed by atoms with van der Waals surface area (Å²) in [5, 5.41) is 4.95. The number of methoxy groups -OCH3 is 1. The Kier molecular flexibility index (Phi) is 12.8. The predicted molar refractivity (Wildman–Crippen MR) is 144 cm³/mol. The topological polar surface area (TPSA) is 199 Å². The highest BCUT2D eigenvalue weighted by atomic mass is 16.6. The number of ether oxygens (including phenoxy) is 6. The van der Waals surface area contributed by atoms with E-state index < -0.39 is 78.4 Å². The fourth-order valence-corrected chi connectivity index (χ4v) is 4.15. The van der Waals surface area contributed by atoms with E-state index in [1.807, 2.05) is 0 Å². The van der Waals surface area contributed by atoms with Crippen LogP contribution in [0.2, 0.25) is 0 Å². The number of carbonyl (C=O) groups is 7. The van der Waals surface area contributed by atoms with Gasteiger partial charge >= 0.3 is 35.9 Å². The molecule has 0 saturated heterocycles. The van der Waals surface area contributed by atoms with Crippen LogP contribution in [0.4, 0.5) is 4.79 Å². The molecule has 1 heterocycles. The number of benzene rings is 1. The van der Waals surface area contributed by atoms with Crippen LogP contribution in [0.5, 0.6) is 0 Å². The average Bonchev–Trinajstić information content (AvgIpc) is 2.94. The van der Waals surface area contributed by atoms with E-state index in [1.54, 1.807) is 18.2 Å². The number of amides is 2. The van der Waals surface area contributed by atoms with E-state index in [-0.39, 0.29) is 18.5 Å². The van der Waals surface area contributed by atoms with Gasteiger partial charge < -0.3 is 39.1 Å². The lowest BCUT2D eigenvalue weighted by Crippen LogP contribution is -2.61. The highest BCUT2D eigenvalue weighted by molar-refractivity contribution is 5.96. The Balaban J connectivity index is 2.38. The zero-order valence-corrected chi connectivity index (χ0v) is 24.3. The van der Waals surface area contributed by atoms with E-state index in [9.17, 15) is 33.6 Å². The van der Waals surface area contributed by atoms with E-state index in [0.29, 0.717) is 0 Å². The number of esters is 5. The first-order valence-corrected chi connectivity index (χ1v) is 13.0. The van der Waals surface area contributed by atoms with Crippen molar-refractivity contribution in [1.82, 2.24) is 10.6 Å². The molecule has 2 N–H and O–H groups in total. The van der Waals surface area contributed by atoms with Crippen molar-refractivity contribution < 1.29 is 62.0 Å². The van der Waals surface area contributed by atoms with Gasteiger partial charge in [0.2, 0.25) is 5.91 Å². The summed E-state index contributed by atoms with van der Waals surface area (Å²) in [7, 11) is 1.09. The van der Waals surface area contributed by atoms with E-state index in [4.69, 9.17) is 28.4 Å². The van der Waals surface area contributed by atoms with Gasteiger partial charge in [-0.15, -0.1) is 0 Å². The maximum absolute atomic E-state index is 13.1. The molecule has 1 aromatic rings. The van der Waals surface area contributed by atoms with Gasteiger partial charge in [-0.05, 0) is 18.2 Å². The molecule has 1 aliphatic heterocycles. The largest absolute Gasteiger partial charge is 0.467 e. The normalized spacial score (nSPS) is 20.4. The van der Waals surface area contributed by atoms with Crippen LogP contribution >= 0.6 is 0 Å². The van der Waals surface area contributed by atoms with Crippen molar-refractivity contribution in [1.29, 1.82) is 0 Å². The number of rotatable bonds is 12. The fourth-order valence-electron chi connectivity index (χ4n) is 4.15. The lowest BCUT2D eigenvalue weighted by Gasteiger charge is -2.43. The number of hydrogen-bond acceptors (Lipinski definition) is 13. The van der Waals surface area contributed by atoms with Gasteiger partial charge in [-0.2, -0.15) is 0 Å². The molecule has 0 fully saturated rings. The lowest BCUT2D eigenvalue weighted by molar-refractivity contribution is -0.207. The summed E-state index contributed by atoms with van der Waals surface area (Å²) in [6.07, 6.45) is -3.08. The van der Waals surface area contributed by atoms with Crippen LogP contribution in [0.25, 0.3) is 0 Å². The summed E-state index contributed by atoms with van der Waals surface area (Å²) < 4.78 is 31.6. The molecule has 2 amide bonds. The summed E-state index contributed by atoms with van der Waals surface area (Å²) in [5.41, 5.74) is -1.80. The molecule has 43 heavy (non-hydrogen) atoms. The minimum Gasteiger partial charge on any atom is -0.467 e. The SMILES string of the molecule is COC(=O)C1(CCNC(=O)OC(=O)c2ccccc2)C=C[C@@H](NC(C)=O)C([C@H](OC(C)=O)[C@@H](COC(C)=O)OC(C)=O)O1. The molecule has 1 aromatic carbocycles. The van der Waals surface area contributed by atoms with Gasteiger partial charge in [0.15, 0.2) is 17.8 Å². The van der Waals surface area contributed by atoms with Gasteiger partial charge in [-0.3, -0.25) is 19.2 Å². The molecule has 0 radical (unpaired) electrons. The molecule has 15 heteroatoms. The summed E-state index contributed by atoms with van der Waals surface area (Å²) in [4.78, 5) is 85.1. The second-order valence-electron chi connectivity index (χ2n) is 9.29. The second kappa shape index (κ2) is 16.0. The van der Waals surface area contributed by atoms with Crippen molar-refractivity contribution in [3.63, 3.8) is 0 Å². The summed E-state index contributed by atoms with van der Waals surface area (Å²) in [5.74, 6) is -4.75. The Morgan fingerprint density at radius 1 is 0.930 bits per heavy atom. The van der Waals surface area contributed by atoms with Crippen molar-refractivity contribution in [3.05, 3.63) is 48.0 Å². The summed E-state index contributed by atoms with van der Waals surface area (Å²) in [6.45, 7) is 3.62. The fraction of sp³-hybridized carbons (Fsp3) is 0.464. The minimum absolute atomic E-state index is 0.140. The Labute approximate surface area is 247 Å². The van der Waals surface area contributed by atoms with Crippen LogP contribution in [0.3, 0.4) is 0 Å². The lowest BCUT2D eigenvalue weighted by atomic mass is 9.89. The van der Waals surface area contributed by atoms with Gasteiger partial charge in [-0.1, -0.05) is 24.3 Å². The first-order chi connectivity index (χ1) is 20.3. The van der Waals surface area contributed by atoms with Crippen LogP contribution in [0.1, 0.15) is 44.5 Å². The smallest absolute Gasteiger partial charge is 0.415 e. The molecule has 234 valence electrons. The third kappa shape index (κ3) is 10.5. The molecule has 15 nitrogen and oxygen atoms in total. The highest BCUT2D eigenvalue weighted by Gasteiger charge is 2.50. The minimum atomic E-state index is -1.94. The van der Waals surface area contributed by atoms with Gasteiger partial charge in [-0.25, -0.2) is 14.4 Å². The molecule has 0 saturated carbocycles. The predicted octanol–water partition coefficient (Wildman–Crippen LogP) is 0.741. The first-order valence-electron chi connectivity index (χ1n) is 13.0. The maximum Gasteiger partial charge on any atom is 0.415 e. The zero-order valence-electron chi connectivity index (χ0n) is 24.3. The van der Waals surface area contributed by atoms with Crippen LogP contribution in [0.15, 0.2) is 42.5 Å². The number of carbonyl (C=O) groups excluding carboxylic acids is 7. The Hall–Kier alpha value is -4.79. The Morgan fingerprint density at radius 3 is 2.14 bits per heavy atom. The van der Waals surface area contributed by atoms with Crippen molar-refractivity contribution in [2.45, 2.75) is 64.1 Å². The van der Waals surface area contributed by atoms with E-state index in [0.717, 1.165) is 27.9 Å². The Morgan fingerprint density at radius 2 is 1.58 bits per heavy atom. The highest BCUT2D eigenvalue weighted by Crippen LogP contribution is 2.32. The van der Waals surface area contributed by atoms with Gasteiger partial charge in [0.1, 0.15) is 12.7 Å². The van der Waals surface area contributed by atoms with Gasteiger partial charge in [0.05, 0.1) is 18.7 Å². The van der Waals surface area contributed by atoms with Crippen molar-refractivity contribution >= 4 is 41.8 Å². The third-order valence-electron chi connectivity index (χ3n) is 5.90. The number of nitrogens with one attached hydrogen (secondary N) is 2. The molecule has 1 aliphatic rings. The van der Waals surface area contributed by atoms with E-state index in [1.165, 1.54) is 31.2 Å². The van der Waals surface area contributed by atoms with Crippen molar-refractivity contribution in [2.75, 3.05) is 20.3 Å². The maximum atomic E-state index is 13.1. The molecule has 0 bridgehead atoms. The number of hydrogen-bond donors (Lipinski definition) is 2. The van der Waals surface area contributed by atoms with Crippen LogP contribution in [-0.2, 0) is 52.4 Å². The van der Waals surface area contributed by atoms with Crippen molar-refractivity contribution in [3.8, 4) is 0 Å². The zero-order chi connectivity index (χ0) is 32.2. The average molecular weight is 607 g/mol. The molecule has 0 aromatic heterocycles. The van der Waals surface area contributed by atoms with E-state index >= 15 is 0 Å². The standard InChI is InChI=1S/C28H34N2O13/c1-16(31)30-21-11-12-28(26(36)38-5,13-14-29-27(37)42-25(35)20-9-7-6-8-10-20)43-23(21)24(41-19(4)34)22(40-18(3)33)15-39-17(2)32/h6-12,21-24H,13-15H2,1-5H3,(H,29,37)(H,30,31)/t21-,22-,23?,24-,28?/m1/s1. The molecule has 0 spiro atoms. The van der Waals surface area contributed by atoms with Crippen LogP contribution in [0, 0.1) is 0 Å². The monoisotopic (exact) mass is 606 g/mol. The quantitative estimate of drug-likeness (QED) is 0.146. The first kappa shape index (κ1) is 34.4. The summed E-state index contributed by atoms with van der Waals surface area (Å²) in [6, 6.07) is 6.73. The molecular weight excluding hydrogens is 572 g/mol. The summed E-state index contributed by atoms with van der Waals surface area (Å²) >= 11 is 0. The number of alkyl carbamates (subject to hydrolysis) is 1. The molecule has 0 aliphatic carbocycles. The van der Waals surface area contributed by atoms with Gasteiger partial charge in [0, 0.05) is 40.7 Å². The molecule has 2 rings (SSSR count). The molecule has 2 unspecified atom stereocenters.